The number of amides is 1. The van der Waals surface area contributed by atoms with E-state index in [0.717, 1.165) is 16.6 Å². The third-order valence-corrected chi connectivity index (χ3v) is 6.09. The van der Waals surface area contributed by atoms with E-state index in [2.05, 4.69) is 25.5 Å². The van der Waals surface area contributed by atoms with E-state index < -0.39 is 5.91 Å². The van der Waals surface area contributed by atoms with Crippen molar-refractivity contribution in [3.8, 4) is 22.8 Å². The summed E-state index contributed by atoms with van der Waals surface area (Å²) >= 11 is 0. The average Bonchev–Trinajstić information content (AvgIpc) is 3.57. The standard InChI is InChI=1S/C27H20N6O3/c34-25-22-14-19(15-33-16-23(29-32-33)17-6-2-1-3-7-17)36-26(22)21-9-5-4-8-20(21)24(25)30-31-27(35)18-10-12-28-13-11-18/h1-13,16,19,34H,14-15H2. The first-order valence-corrected chi connectivity index (χ1v) is 11.4. The number of ether oxygens (including phenoxy) is 1. The number of rotatable bonds is 5. The zero-order chi connectivity index (χ0) is 24.5. The molecule has 9 heteroatoms. The number of phenols is 1. The molecular weight excluding hydrogens is 456 g/mol. The Hall–Kier alpha value is -4.92. The molecule has 36 heavy (non-hydrogen) atoms. The SMILES string of the molecule is O=C(N=Nc1c(O)c2c(c3ccccc13)OC(Cn1cc(-c3ccccc3)nn1)C2)c1ccncc1. The zero-order valence-corrected chi connectivity index (χ0v) is 19.0. The van der Waals surface area contributed by atoms with E-state index >= 15 is 0 Å². The van der Waals surface area contributed by atoms with E-state index in [0.29, 0.717) is 35.2 Å². The maximum atomic E-state index is 12.4. The lowest BCUT2D eigenvalue weighted by Gasteiger charge is -2.12. The fourth-order valence-electron chi connectivity index (χ4n) is 4.38. The van der Waals surface area contributed by atoms with Gasteiger partial charge in [0.25, 0.3) is 5.91 Å². The number of hydrogen-bond acceptors (Lipinski definition) is 7. The first-order chi connectivity index (χ1) is 17.7. The molecule has 176 valence electrons. The van der Waals surface area contributed by atoms with Gasteiger partial charge in [-0.05, 0) is 12.1 Å². The molecule has 0 fully saturated rings. The van der Waals surface area contributed by atoms with Gasteiger partial charge in [0.1, 0.15) is 23.2 Å². The second-order valence-electron chi connectivity index (χ2n) is 8.43. The summed E-state index contributed by atoms with van der Waals surface area (Å²) in [6.07, 6.45) is 5.10. The molecule has 0 saturated heterocycles. The van der Waals surface area contributed by atoms with Gasteiger partial charge in [0, 0.05) is 46.3 Å². The van der Waals surface area contributed by atoms with Crippen LogP contribution in [0.25, 0.3) is 22.0 Å². The number of hydrogen-bond donors (Lipinski definition) is 1. The van der Waals surface area contributed by atoms with Gasteiger partial charge < -0.3 is 9.84 Å². The quantitative estimate of drug-likeness (QED) is 0.352. The van der Waals surface area contributed by atoms with E-state index in [1.165, 1.54) is 12.4 Å². The molecule has 3 heterocycles. The van der Waals surface area contributed by atoms with Gasteiger partial charge in [0.05, 0.1) is 12.7 Å². The van der Waals surface area contributed by atoms with Crippen molar-refractivity contribution in [2.45, 2.75) is 19.1 Å². The van der Waals surface area contributed by atoms with E-state index in [-0.39, 0.29) is 17.5 Å². The second kappa shape index (κ2) is 9.03. The van der Waals surface area contributed by atoms with E-state index in [1.54, 1.807) is 16.8 Å². The van der Waals surface area contributed by atoms with Gasteiger partial charge in [-0.1, -0.05) is 59.8 Å². The Morgan fingerprint density at radius 2 is 1.78 bits per heavy atom. The number of benzene rings is 3. The molecule has 1 amide bonds. The van der Waals surface area contributed by atoms with Gasteiger partial charge in [-0.15, -0.1) is 15.3 Å². The van der Waals surface area contributed by atoms with Gasteiger partial charge in [0.2, 0.25) is 0 Å². The fraction of sp³-hybridized carbons (Fsp3) is 0.111. The summed E-state index contributed by atoms with van der Waals surface area (Å²) in [5, 5.41) is 29.1. The van der Waals surface area contributed by atoms with Crippen LogP contribution in [0.2, 0.25) is 0 Å². The number of azo groups is 1. The third-order valence-electron chi connectivity index (χ3n) is 6.09. The third kappa shape index (κ3) is 3.96. The van der Waals surface area contributed by atoms with Crippen molar-refractivity contribution in [1.82, 2.24) is 20.0 Å². The molecule has 0 saturated carbocycles. The highest BCUT2D eigenvalue weighted by Gasteiger charge is 2.31. The molecule has 2 aromatic heterocycles. The first kappa shape index (κ1) is 21.6. The molecular formula is C27H20N6O3. The molecule has 0 spiro atoms. The molecule has 6 rings (SSSR count). The highest BCUT2D eigenvalue weighted by molar-refractivity contribution is 6.02. The average molecular weight is 476 g/mol. The molecule has 3 aromatic carbocycles. The molecule has 1 unspecified atom stereocenters. The summed E-state index contributed by atoms with van der Waals surface area (Å²) in [6.45, 7) is 0.458. The minimum Gasteiger partial charge on any atom is -0.505 e. The van der Waals surface area contributed by atoms with Crippen LogP contribution in [0, 0.1) is 0 Å². The molecule has 5 aromatic rings. The first-order valence-electron chi connectivity index (χ1n) is 11.4. The summed E-state index contributed by atoms with van der Waals surface area (Å²) in [7, 11) is 0. The van der Waals surface area contributed by atoms with Crippen molar-refractivity contribution in [3.63, 3.8) is 0 Å². The van der Waals surface area contributed by atoms with Gasteiger partial charge >= 0.3 is 0 Å². The highest BCUT2D eigenvalue weighted by Crippen LogP contribution is 2.49. The monoisotopic (exact) mass is 476 g/mol. The van der Waals surface area contributed by atoms with Crippen LogP contribution in [0.15, 0.2) is 95.5 Å². The van der Waals surface area contributed by atoms with Crippen LogP contribution in [-0.2, 0) is 13.0 Å². The Morgan fingerprint density at radius 3 is 2.58 bits per heavy atom. The number of pyridine rings is 1. The molecule has 9 nitrogen and oxygen atoms in total. The van der Waals surface area contributed by atoms with E-state index in [9.17, 15) is 9.90 Å². The summed E-state index contributed by atoms with van der Waals surface area (Å²) in [5.74, 6) is 0.0489. The summed E-state index contributed by atoms with van der Waals surface area (Å²) in [5.41, 5.74) is 3.00. The maximum Gasteiger partial charge on any atom is 0.295 e. The van der Waals surface area contributed by atoms with Gasteiger partial charge in [-0.2, -0.15) is 0 Å². The lowest BCUT2D eigenvalue weighted by molar-refractivity contribution is 0.0995. The number of carbonyl (C=O) groups excluding carboxylic acids is 1. The molecule has 1 aliphatic heterocycles. The lowest BCUT2D eigenvalue weighted by Crippen LogP contribution is -2.21. The van der Waals surface area contributed by atoms with Crippen LogP contribution in [-0.4, -0.2) is 37.1 Å². The van der Waals surface area contributed by atoms with E-state index in [4.69, 9.17) is 4.74 Å². The van der Waals surface area contributed by atoms with Crippen molar-refractivity contribution < 1.29 is 14.6 Å². The van der Waals surface area contributed by atoms with Crippen LogP contribution >= 0.6 is 0 Å². The Kier molecular flexibility index (Phi) is 5.42. The Morgan fingerprint density at radius 1 is 1.03 bits per heavy atom. The molecule has 0 radical (unpaired) electrons. The number of fused-ring (bicyclic) bond motifs is 3. The topological polar surface area (TPSA) is 115 Å². The smallest absolute Gasteiger partial charge is 0.295 e. The Balaban J connectivity index is 1.29. The summed E-state index contributed by atoms with van der Waals surface area (Å²) in [6, 6.07) is 20.4. The van der Waals surface area contributed by atoms with Crippen LogP contribution < -0.4 is 4.74 Å². The van der Waals surface area contributed by atoms with Gasteiger partial charge in [-0.3, -0.25) is 9.78 Å². The number of nitrogens with zero attached hydrogens (tertiary/aromatic N) is 6. The van der Waals surface area contributed by atoms with Gasteiger partial charge in [-0.25, -0.2) is 4.68 Å². The molecule has 1 aliphatic rings. The number of aromatic nitrogens is 4. The Bertz CT molecular complexity index is 1600. The Labute approximate surface area is 205 Å². The number of phenolic OH excluding ortho intramolecular Hbond substituents is 1. The largest absolute Gasteiger partial charge is 0.505 e. The van der Waals surface area contributed by atoms with Crippen LogP contribution in [0.1, 0.15) is 15.9 Å². The summed E-state index contributed by atoms with van der Waals surface area (Å²) in [4.78, 5) is 16.4. The fourth-order valence-corrected chi connectivity index (χ4v) is 4.38. The lowest BCUT2D eigenvalue weighted by atomic mass is 10.0. The van der Waals surface area contributed by atoms with Crippen LogP contribution in [0.3, 0.4) is 0 Å². The van der Waals surface area contributed by atoms with Crippen LogP contribution in [0.4, 0.5) is 5.69 Å². The van der Waals surface area contributed by atoms with Crippen molar-refractivity contribution >= 4 is 22.4 Å². The molecule has 0 bridgehead atoms. The van der Waals surface area contributed by atoms with Crippen molar-refractivity contribution in [2.24, 2.45) is 10.2 Å². The van der Waals surface area contributed by atoms with E-state index in [1.807, 2.05) is 60.8 Å². The number of carbonyl (C=O) groups is 1. The predicted molar refractivity (Wildman–Crippen MR) is 132 cm³/mol. The highest BCUT2D eigenvalue weighted by atomic mass is 16.5. The van der Waals surface area contributed by atoms with Crippen molar-refractivity contribution in [1.29, 1.82) is 0 Å². The van der Waals surface area contributed by atoms with Crippen molar-refractivity contribution in [2.75, 3.05) is 0 Å². The van der Waals surface area contributed by atoms with Crippen LogP contribution in [0.5, 0.6) is 11.5 Å². The minimum atomic E-state index is -0.518. The molecule has 0 aliphatic carbocycles. The zero-order valence-electron chi connectivity index (χ0n) is 19.0. The molecule has 1 atom stereocenters. The second-order valence-corrected chi connectivity index (χ2v) is 8.43. The molecule has 1 N–H and O–H groups in total. The minimum absolute atomic E-state index is 0.0407. The predicted octanol–water partition coefficient (Wildman–Crippen LogP) is 5.13. The normalized spacial score (nSPS) is 14.7. The van der Waals surface area contributed by atoms with Crippen molar-refractivity contribution in [3.05, 3.63) is 96.4 Å². The van der Waals surface area contributed by atoms with Gasteiger partial charge in [0.15, 0.2) is 5.75 Å². The summed E-state index contributed by atoms with van der Waals surface area (Å²) < 4.78 is 8.02. The maximum absolute atomic E-state index is 12.4. The number of aromatic hydroxyl groups is 1.